The lowest BCUT2D eigenvalue weighted by atomic mass is 9.97. The molecule has 3 aromatic rings. The minimum atomic E-state index is -0.545. The molecule has 2 aromatic carbocycles. The number of aryl methyl sites for hydroxylation is 2. The van der Waals surface area contributed by atoms with Gasteiger partial charge in [-0.15, -0.1) is 12.4 Å². The SMILES string of the molecule is Cc1cc2oc(=O)cc(C)c2cc1NC(=O)c1cc(CC2CCNC2)ccc1F.Cl. The summed E-state index contributed by atoms with van der Waals surface area (Å²) in [4.78, 5) is 24.4. The van der Waals surface area contributed by atoms with Crippen LogP contribution in [0.15, 0.2) is 45.6 Å². The van der Waals surface area contributed by atoms with Gasteiger partial charge in [-0.1, -0.05) is 6.07 Å². The maximum atomic E-state index is 14.4. The molecule has 1 fully saturated rings. The standard InChI is InChI=1S/C23H23FN2O3.ClH/c1-13-8-22(27)29-21-7-14(2)20(11-17(13)21)26-23(28)18-10-15(3-4-19(18)24)9-16-5-6-25-12-16;/h3-4,7-8,10-11,16,25H,5-6,9,12H2,1-2H3,(H,26,28);1H. The quantitative estimate of drug-likeness (QED) is 0.603. The van der Waals surface area contributed by atoms with Gasteiger partial charge in [-0.2, -0.15) is 0 Å². The van der Waals surface area contributed by atoms with Crippen molar-refractivity contribution in [2.24, 2.45) is 5.92 Å². The fraction of sp³-hybridized carbons (Fsp3) is 0.304. The molecule has 0 spiro atoms. The molecule has 1 aromatic heterocycles. The fourth-order valence-electron chi connectivity index (χ4n) is 3.89. The van der Waals surface area contributed by atoms with Gasteiger partial charge in [0.25, 0.3) is 5.91 Å². The van der Waals surface area contributed by atoms with Crippen molar-refractivity contribution in [1.82, 2.24) is 5.32 Å². The highest BCUT2D eigenvalue weighted by molar-refractivity contribution is 6.06. The van der Waals surface area contributed by atoms with Crippen molar-refractivity contribution in [2.75, 3.05) is 18.4 Å². The van der Waals surface area contributed by atoms with Gasteiger partial charge in [0.1, 0.15) is 11.4 Å². The predicted molar refractivity (Wildman–Crippen MR) is 118 cm³/mol. The molecule has 1 amide bonds. The van der Waals surface area contributed by atoms with E-state index in [2.05, 4.69) is 10.6 Å². The van der Waals surface area contributed by atoms with Gasteiger partial charge in [-0.25, -0.2) is 9.18 Å². The van der Waals surface area contributed by atoms with E-state index in [1.807, 2.05) is 0 Å². The number of fused-ring (bicyclic) bond motifs is 1. The number of rotatable bonds is 4. The third-order valence-electron chi connectivity index (χ3n) is 5.51. The summed E-state index contributed by atoms with van der Waals surface area (Å²) in [5.74, 6) is -0.528. The van der Waals surface area contributed by atoms with Crippen LogP contribution in [0.3, 0.4) is 0 Å². The molecular weight excluding hydrogens is 407 g/mol. The minimum absolute atomic E-state index is 0. The Balaban J connectivity index is 0.00000256. The molecule has 158 valence electrons. The molecule has 30 heavy (non-hydrogen) atoms. The third kappa shape index (κ3) is 4.55. The molecule has 2 heterocycles. The Hall–Kier alpha value is -2.70. The molecule has 2 N–H and O–H groups in total. The summed E-state index contributed by atoms with van der Waals surface area (Å²) < 4.78 is 19.6. The van der Waals surface area contributed by atoms with Gasteiger partial charge in [0.05, 0.1) is 5.56 Å². The Morgan fingerprint density at radius 1 is 1.20 bits per heavy atom. The van der Waals surface area contributed by atoms with Crippen molar-refractivity contribution in [3.63, 3.8) is 0 Å². The van der Waals surface area contributed by atoms with Crippen LogP contribution in [0, 0.1) is 25.6 Å². The fourth-order valence-corrected chi connectivity index (χ4v) is 3.89. The first-order chi connectivity index (χ1) is 13.9. The van der Waals surface area contributed by atoms with Crippen molar-refractivity contribution in [3.8, 4) is 0 Å². The molecule has 7 heteroatoms. The number of halogens is 2. The van der Waals surface area contributed by atoms with Crippen molar-refractivity contribution in [1.29, 1.82) is 0 Å². The van der Waals surface area contributed by atoms with E-state index in [9.17, 15) is 14.0 Å². The zero-order chi connectivity index (χ0) is 20.5. The zero-order valence-corrected chi connectivity index (χ0v) is 17.7. The van der Waals surface area contributed by atoms with Crippen LogP contribution < -0.4 is 16.3 Å². The van der Waals surface area contributed by atoms with Gasteiger partial charge < -0.3 is 15.1 Å². The lowest BCUT2D eigenvalue weighted by Crippen LogP contribution is -2.16. The summed E-state index contributed by atoms with van der Waals surface area (Å²) in [5, 5.41) is 6.86. The van der Waals surface area contributed by atoms with Gasteiger partial charge in [-0.05, 0) is 86.7 Å². The number of hydrogen-bond donors (Lipinski definition) is 2. The van der Waals surface area contributed by atoms with Gasteiger partial charge in [0.2, 0.25) is 0 Å². The Morgan fingerprint density at radius 3 is 2.73 bits per heavy atom. The summed E-state index contributed by atoms with van der Waals surface area (Å²) >= 11 is 0. The molecule has 0 aliphatic carbocycles. The van der Waals surface area contributed by atoms with Crippen LogP contribution in [0.4, 0.5) is 10.1 Å². The van der Waals surface area contributed by atoms with E-state index in [1.165, 1.54) is 12.1 Å². The first-order valence-electron chi connectivity index (χ1n) is 9.76. The lowest BCUT2D eigenvalue weighted by molar-refractivity contribution is 0.102. The number of carbonyl (C=O) groups excluding carboxylic acids is 1. The number of nitrogens with one attached hydrogen (secondary N) is 2. The highest BCUT2D eigenvalue weighted by Gasteiger charge is 2.18. The highest BCUT2D eigenvalue weighted by Crippen LogP contribution is 2.26. The Bertz CT molecular complexity index is 1150. The second kappa shape index (κ2) is 8.98. The molecule has 1 aliphatic rings. The highest BCUT2D eigenvalue weighted by atomic mass is 35.5. The molecule has 0 bridgehead atoms. The number of amides is 1. The molecule has 1 aliphatic heterocycles. The third-order valence-corrected chi connectivity index (χ3v) is 5.51. The zero-order valence-electron chi connectivity index (χ0n) is 16.9. The lowest BCUT2D eigenvalue weighted by Gasteiger charge is -2.13. The second-order valence-corrected chi connectivity index (χ2v) is 7.74. The maximum Gasteiger partial charge on any atom is 0.336 e. The molecule has 1 unspecified atom stereocenters. The van der Waals surface area contributed by atoms with Crippen LogP contribution in [0.25, 0.3) is 11.0 Å². The van der Waals surface area contributed by atoms with Crippen LogP contribution in [0.2, 0.25) is 0 Å². The largest absolute Gasteiger partial charge is 0.423 e. The number of benzene rings is 2. The van der Waals surface area contributed by atoms with E-state index in [-0.39, 0.29) is 18.0 Å². The van der Waals surface area contributed by atoms with Crippen LogP contribution in [-0.4, -0.2) is 19.0 Å². The van der Waals surface area contributed by atoms with E-state index in [0.29, 0.717) is 17.2 Å². The average Bonchev–Trinajstić information content (AvgIpc) is 3.17. The van der Waals surface area contributed by atoms with Crippen molar-refractivity contribution >= 4 is 35.0 Å². The van der Waals surface area contributed by atoms with Crippen LogP contribution >= 0.6 is 12.4 Å². The summed E-state index contributed by atoms with van der Waals surface area (Å²) in [7, 11) is 0. The molecule has 0 radical (unpaired) electrons. The predicted octanol–water partition coefficient (Wildman–Crippen LogP) is 4.38. The van der Waals surface area contributed by atoms with Crippen molar-refractivity contribution < 1.29 is 13.6 Å². The topological polar surface area (TPSA) is 71.3 Å². The average molecular weight is 431 g/mol. The van der Waals surface area contributed by atoms with Gasteiger partial charge in [-0.3, -0.25) is 4.79 Å². The summed E-state index contributed by atoms with van der Waals surface area (Å²) in [5.41, 5.74) is 3.08. The number of hydrogen-bond acceptors (Lipinski definition) is 4. The van der Waals surface area contributed by atoms with Crippen molar-refractivity contribution in [2.45, 2.75) is 26.7 Å². The van der Waals surface area contributed by atoms with E-state index >= 15 is 0 Å². The van der Waals surface area contributed by atoms with E-state index in [0.717, 1.165) is 48.0 Å². The Morgan fingerprint density at radius 2 is 2.00 bits per heavy atom. The van der Waals surface area contributed by atoms with Crippen LogP contribution in [0.1, 0.15) is 33.5 Å². The molecule has 1 atom stereocenters. The molecule has 1 saturated heterocycles. The monoisotopic (exact) mass is 430 g/mol. The summed E-state index contributed by atoms with van der Waals surface area (Å²) in [6, 6.07) is 9.62. The molecule has 5 nitrogen and oxygen atoms in total. The smallest absolute Gasteiger partial charge is 0.336 e. The van der Waals surface area contributed by atoms with E-state index < -0.39 is 17.3 Å². The van der Waals surface area contributed by atoms with Gasteiger partial charge in [0.15, 0.2) is 0 Å². The maximum absolute atomic E-state index is 14.4. The van der Waals surface area contributed by atoms with E-state index in [4.69, 9.17) is 4.42 Å². The Labute approximate surface area is 180 Å². The van der Waals surface area contributed by atoms with E-state index in [1.54, 1.807) is 38.1 Å². The first-order valence-corrected chi connectivity index (χ1v) is 9.76. The molecule has 0 saturated carbocycles. The summed E-state index contributed by atoms with van der Waals surface area (Å²) in [6.07, 6.45) is 1.91. The van der Waals surface area contributed by atoms with Crippen LogP contribution in [-0.2, 0) is 6.42 Å². The molecular formula is C23H24ClFN2O3. The van der Waals surface area contributed by atoms with Crippen LogP contribution in [0.5, 0.6) is 0 Å². The second-order valence-electron chi connectivity index (χ2n) is 7.74. The summed E-state index contributed by atoms with van der Waals surface area (Å²) in [6.45, 7) is 5.56. The van der Waals surface area contributed by atoms with Gasteiger partial charge in [0, 0.05) is 17.1 Å². The van der Waals surface area contributed by atoms with Crippen molar-refractivity contribution in [3.05, 3.63) is 74.9 Å². The number of anilines is 1. The minimum Gasteiger partial charge on any atom is -0.423 e. The first kappa shape index (κ1) is 22.0. The Kier molecular flexibility index (Phi) is 6.58. The normalized spacial score (nSPS) is 15.8. The van der Waals surface area contributed by atoms with Gasteiger partial charge >= 0.3 is 5.63 Å². The number of carbonyl (C=O) groups is 1. The molecule has 4 rings (SSSR count).